The van der Waals surface area contributed by atoms with Gasteiger partial charge >= 0.3 is 24.8 Å². The third-order valence-electron chi connectivity index (χ3n) is 5.00. The molecule has 0 bridgehead atoms. The van der Waals surface area contributed by atoms with E-state index >= 15 is 0 Å². The van der Waals surface area contributed by atoms with Crippen molar-refractivity contribution in [1.29, 1.82) is 0 Å². The predicted molar refractivity (Wildman–Crippen MR) is 160 cm³/mol. The molecule has 6 rings (SSSR count). The van der Waals surface area contributed by atoms with Gasteiger partial charge in [-0.1, -0.05) is 42.5 Å². The van der Waals surface area contributed by atoms with Gasteiger partial charge in [-0.2, -0.15) is 0 Å². The number of nitrogens with zero attached hydrogens (tertiary/aromatic N) is 1. The molecule has 0 unspecified atom stereocenters. The van der Waals surface area contributed by atoms with Crippen molar-refractivity contribution in [2.24, 2.45) is 4.30 Å². The first kappa shape index (κ1) is 24.2. The van der Waals surface area contributed by atoms with Gasteiger partial charge in [0.1, 0.15) is 0 Å². The van der Waals surface area contributed by atoms with E-state index in [-0.39, 0.29) is 0 Å². The number of halogens is 2. The molecule has 6 aromatic rings. The van der Waals surface area contributed by atoms with Crippen molar-refractivity contribution in [1.82, 2.24) is 0 Å². The summed E-state index contributed by atoms with van der Waals surface area (Å²) in [6.45, 7) is 0. The van der Waals surface area contributed by atoms with Crippen molar-refractivity contribution in [3.63, 3.8) is 0 Å². The zero-order chi connectivity index (χ0) is 23.5. The Labute approximate surface area is 222 Å². The molecule has 0 aliphatic heterocycles. The number of thiol groups is 1. The van der Waals surface area contributed by atoms with Crippen molar-refractivity contribution >= 4 is 127 Å². The van der Waals surface area contributed by atoms with E-state index in [9.17, 15) is 0 Å². The zero-order valence-corrected chi connectivity index (χ0v) is 22.8. The Morgan fingerprint density at radius 3 is 1.94 bits per heavy atom. The fourth-order valence-corrected chi connectivity index (χ4v) is 7.20. The number of nitrogen functional groups attached to an aromatic ring is 2. The second kappa shape index (κ2) is 10.6. The van der Waals surface area contributed by atoms with Gasteiger partial charge in [-0.15, -0.1) is 22.7 Å². The van der Waals surface area contributed by atoms with E-state index in [0.29, 0.717) is 0 Å². The molecule has 0 spiro atoms. The first-order valence-electron chi connectivity index (χ1n) is 9.70. The molecule has 0 fully saturated rings. The van der Waals surface area contributed by atoms with E-state index in [4.69, 9.17) is 11.5 Å². The fraction of sp³-hybridized carbons (Fsp3) is 0. The molecule has 0 saturated heterocycles. The van der Waals surface area contributed by atoms with Gasteiger partial charge in [0.2, 0.25) is 0 Å². The van der Waals surface area contributed by atoms with Crippen LogP contribution in [-0.2, 0) is 0 Å². The molecule has 2 heterocycles. The van der Waals surface area contributed by atoms with Crippen molar-refractivity contribution < 1.29 is 0 Å². The van der Waals surface area contributed by atoms with Crippen LogP contribution >= 0.6 is 67.3 Å². The second-order valence-corrected chi connectivity index (χ2v) is 11.0. The topological polar surface area (TPSA) is 64.4 Å². The van der Waals surface area contributed by atoms with Crippen LogP contribution in [0.3, 0.4) is 0 Å². The number of anilines is 2. The molecule has 2 aromatic heterocycles. The van der Waals surface area contributed by atoms with Crippen LogP contribution in [0.4, 0.5) is 11.4 Å². The maximum atomic E-state index is 5.98. The van der Waals surface area contributed by atoms with Gasteiger partial charge in [0, 0.05) is 45.8 Å². The van der Waals surface area contributed by atoms with E-state index < -0.39 is 0 Å². The molecule has 33 heavy (non-hydrogen) atoms. The van der Waals surface area contributed by atoms with Crippen LogP contribution in [0, 0.1) is 0 Å². The van der Waals surface area contributed by atoms with Gasteiger partial charge in [-0.25, -0.2) is 0 Å². The Kier molecular flexibility index (Phi) is 7.76. The number of rotatable bonds is 0. The maximum absolute atomic E-state index is 5.98. The Morgan fingerprint density at radius 1 is 0.727 bits per heavy atom. The number of benzene rings is 4. The van der Waals surface area contributed by atoms with E-state index in [1.54, 1.807) is 22.7 Å². The van der Waals surface area contributed by atoms with Crippen LogP contribution in [-0.4, -0.2) is 7.64 Å². The van der Waals surface area contributed by atoms with Crippen molar-refractivity contribution in [2.45, 2.75) is 0 Å². The van der Waals surface area contributed by atoms with Crippen molar-refractivity contribution in [2.75, 3.05) is 11.5 Å². The Morgan fingerprint density at radius 2 is 1.27 bits per heavy atom. The molecular weight excluding hydrogens is 597 g/mol. The average Bonchev–Trinajstić information content (AvgIpc) is 3.36. The number of fused-ring (bicyclic) bond motifs is 6. The molecule has 163 valence electrons. The van der Waals surface area contributed by atoms with Crippen LogP contribution in [0.15, 0.2) is 86.0 Å². The van der Waals surface area contributed by atoms with E-state index in [1.807, 2.05) is 12.1 Å². The first-order valence-corrected chi connectivity index (χ1v) is 13.3. The third-order valence-corrected chi connectivity index (χ3v) is 9.08. The SMILES string of the molecule is Nc1c(Br)cc2c(sc3ccccc32)c1Br.Nc1ccc2c(c1)sc1ccccc12.[B]=NS. The predicted octanol–water partition coefficient (Wildman–Crippen LogP) is 8.98. The van der Waals surface area contributed by atoms with E-state index in [2.05, 4.69) is 117 Å². The number of nitrogens with two attached hydrogens (primary N) is 2. The van der Waals surface area contributed by atoms with Crippen LogP contribution in [0.2, 0.25) is 0 Å². The third kappa shape index (κ3) is 4.98. The minimum absolute atomic E-state index is 0.763. The van der Waals surface area contributed by atoms with Crippen molar-refractivity contribution in [3.8, 4) is 0 Å². The van der Waals surface area contributed by atoms with Crippen LogP contribution in [0.1, 0.15) is 0 Å². The summed E-state index contributed by atoms with van der Waals surface area (Å²) >= 11 is 13.8. The standard InChI is InChI=1S/C12H7Br2NS.C12H9NS.BHNS/c13-8-5-7-6-3-1-2-4-9(6)16-12(7)10(14)11(8)15;13-8-5-6-10-9-3-1-2-4-11(9)14-12(10)7-8;1-2-3/h1-5H,15H2;1-7H,13H2;3H. The van der Waals surface area contributed by atoms with Gasteiger partial charge in [-0.3, -0.25) is 0 Å². The van der Waals surface area contributed by atoms with E-state index in [0.717, 1.165) is 20.3 Å². The van der Waals surface area contributed by atoms with Gasteiger partial charge in [-0.05, 0) is 62.2 Å². The first-order chi connectivity index (χ1) is 15.9. The van der Waals surface area contributed by atoms with Gasteiger partial charge < -0.3 is 11.5 Å². The van der Waals surface area contributed by atoms with Gasteiger partial charge in [0.05, 0.1) is 14.9 Å². The second-order valence-electron chi connectivity index (χ2n) is 7.03. The molecule has 3 nitrogen and oxygen atoms in total. The molecule has 4 N–H and O–H groups in total. The Hall–Kier alpha value is -1.91. The van der Waals surface area contributed by atoms with Gasteiger partial charge in [0.25, 0.3) is 0 Å². The molecule has 0 amide bonds. The van der Waals surface area contributed by atoms with Crippen LogP contribution < -0.4 is 11.5 Å². The summed E-state index contributed by atoms with van der Waals surface area (Å²) in [5.74, 6) is 0. The monoisotopic (exact) mass is 612 g/mol. The molecule has 4 aromatic carbocycles. The number of hydrogen-bond acceptors (Lipinski definition) is 6. The number of hydrogen-bond donors (Lipinski definition) is 3. The fourth-order valence-electron chi connectivity index (χ4n) is 3.55. The minimum atomic E-state index is 0.763. The molecule has 9 heteroatoms. The van der Waals surface area contributed by atoms with Gasteiger partial charge in [0.15, 0.2) is 0 Å². The summed E-state index contributed by atoms with van der Waals surface area (Å²) in [7, 11) is 4.34. The molecule has 1 radical (unpaired) electrons. The summed E-state index contributed by atoms with van der Waals surface area (Å²) in [6, 6.07) is 25.0. The molecule has 0 atom stereocenters. The average molecular weight is 614 g/mol. The summed E-state index contributed by atoms with van der Waals surface area (Å²) in [5.41, 5.74) is 13.3. The Bertz CT molecular complexity index is 1610. The van der Waals surface area contributed by atoms with E-state index in [1.165, 1.54) is 40.3 Å². The molecular formula is C24H17BBr2N3S3. The number of thiophene rings is 2. The summed E-state index contributed by atoms with van der Waals surface area (Å²) in [6.07, 6.45) is 0. The summed E-state index contributed by atoms with van der Waals surface area (Å²) in [5, 5.41) is 5.16. The summed E-state index contributed by atoms with van der Waals surface area (Å²) in [4.78, 5) is 0. The van der Waals surface area contributed by atoms with Crippen LogP contribution in [0.25, 0.3) is 40.3 Å². The quantitative estimate of drug-likeness (QED) is 0.0909. The molecule has 0 aliphatic carbocycles. The summed E-state index contributed by atoms with van der Waals surface area (Å²) < 4.78 is 9.71. The molecule has 0 saturated carbocycles. The Balaban J connectivity index is 0.000000142. The molecule has 0 aliphatic rings. The zero-order valence-electron chi connectivity index (χ0n) is 17.1. The van der Waals surface area contributed by atoms with Crippen molar-refractivity contribution in [3.05, 3.63) is 81.7 Å². The normalized spacial score (nSPS) is 10.6. The van der Waals surface area contributed by atoms with Crippen LogP contribution in [0.5, 0.6) is 0 Å².